The topological polar surface area (TPSA) is 65.4 Å². The van der Waals surface area contributed by atoms with Gasteiger partial charge in [0, 0.05) is 25.3 Å². The summed E-state index contributed by atoms with van der Waals surface area (Å²) >= 11 is 0. The lowest BCUT2D eigenvalue weighted by atomic mass is 10.1. The number of amides is 1. The predicted molar refractivity (Wildman–Crippen MR) is 88.3 cm³/mol. The number of nitrogens with one attached hydrogen (secondary N) is 1. The minimum absolute atomic E-state index is 0.0150. The van der Waals surface area contributed by atoms with Crippen molar-refractivity contribution >= 4 is 5.91 Å². The van der Waals surface area contributed by atoms with Gasteiger partial charge in [-0.05, 0) is 26.3 Å². The van der Waals surface area contributed by atoms with E-state index in [1.54, 1.807) is 4.90 Å². The van der Waals surface area contributed by atoms with E-state index in [1.807, 2.05) is 57.2 Å². The smallest absolute Gasteiger partial charge is 0.266 e. The first-order chi connectivity index (χ1) is 11.0. The molecule has 1 N–H and O–H groups in total. The number of ether oxygens (including phenoxy) is 1. The lowest BCUT2D eigenvalue weighted by Crippen LogP contribution is -2.48. The van der Waals surface area contributed by atoms with E-state index in [0.29, 0.717) is 13.1 Å². The molecule has 1 aliphatic heterocycles. The first-order valence-corrected chi connectivity index (χ1v) is 7.87. The molecule has 3 unspecified atom stereocenters. The van der Waals surface area contributed by atoms with E-state index in [9.17, 15) is 10.1 Å². The largest absolute Gasteiger partial charge is 0.383 e. The van der Waals surface area contributed by atoms with Crippen LogP contribution in [0.2, 0.25) is 0 Å². The van der Waals surface area contributed by atoms with Gasteiger partial charge in [0.1, 0.15) is 11.6 Å². The van der Waals surface area contributed by atoms with Crippen LogP contribution in [0.5, 0.6) is 0 Å². The van der Waals surface area contributed by atoms with Crippen LogP contribution in [0.3, 0.4) is 0 Å². The van der Waals surface area contributed by atoms with Crippen molar-refractivity contribution < 1.29 is 9.53 Å². The van der Waals surface area contributed by atoms with Gasteiger partial charge in [-0.1, -0.05) is 30.3 Å². The summed E-state index contributed by atoms with van der Waals surface area (Å²) in [6.45, 7) is 6.87. The number of hydrogen-bond acceptors (Lipinski definition) is 4. The van der Waals surface area contributed by atoms with Crippen LogP contribution in [-0.2, 0) is 9.53 Å². The van der Waals surface area contributed by atoms with Gasteiger partial charge in [0.15, 0.2) is 0 Å². The molecule has 122 valence electrons. The standard InChI is InChI=1S/C18H23N3O2/c1-13-11-21(12-14(2)23-13)18(22)17(9-19)10-20-15(3)16-7-5-4-6-8-16/h4-8,10,13-15,20H,11-12H2,1-3H3/b17-10-. The third kappa shape index (κ3) is 4.57. The van der Waals surface area contributed by atoms with Gasteiger partial charge in [0.05, 0.1) is 12.2 Å². The number of morpholine rings is 1. The lowest BCUT2D eigenvalue weighted by molar-refractivity contribution is -0.138. The Bertz CT molecular complexity index is 596. The molecular formula is C18H23N3O2. The molecule has 23 heavy (non-hydrogen) atoms. The number of hydrogen-bond donors (Lipinski definition) is 1. The summed E-state index contributed by atoms with van der Waals surface area (Å²) in [7, 11) is 0. The van der Waals surface area contributed by atoms with Gasteiger partial charge < -0.3 is 15.0 Å². The highest BCUT2D eigenvalue weighted by atomic mass is 16.5. The summed E-state index contributed by atoms with van der Waals surface area (Å²) in [5, 5.41) is 12.4. The monoisotopic (exact) mass is 313 g/mol. The first-order valence-electron chi connectivity index (χ1n) is 7.87. The fourth-order valence-corrected chi connectivity index (χ4v) is 2.70. The third-order valence-corrected chi connectivity index (χ3v) is 3.83. The van der Waals surface area contributed by atoms with Crippen LogP contribution >= 0.6 is 0 Å². The number of nitrogens with zero attached hydrogens (tertiary/aromatic N) is 2. The van der Waals surface area contributed by atoms with Crippen LogP contribution < -0.4 is 5.32 Å². The van der Waals surface area contributed by atoms with Gasteiger partial charge >= 0.3 is 0 Å². The van der Waals surface area contributed by atoms with E-state index in [4.69, 9.17) is 4.74 Å². The molecule has 1 saturated heterocycles. The first kappa shape index (κ1) is 17.0. The van der Waals surface area contributed by atoms with Crippen molar-refractivity contribution in [2.75, 3.05) is 13.1 Å². The van der Waals surface area contributed by atoms with Crippen molar-refractivity contribution in [3.63, 3.8) is 0 Å². The second kappa shape index (κ2) is 7.80. The van der Waals surface area contributed by atoms with E-state index in [-0.39, 0.29) is 29.7 Å². The Morgan fingerprint density at radius 2 is 1.96 bits per heavy atom. The zero-order valence-corrected chi connectivity index (χ0v) is 13.8. The maximum atomic E-state index is 12.5. The lowest BCUT2D eigenvalue weighted by Gasteiger charge is -2.35. The van der Waals surface area contributed by atoms with Gasteiger partial charge in [-0.15, -0.1) is 0 Å². The van der Waals surface area contributed by atoms with Gasteiger partial charge in [0.2, 0.25) is 0 Å². The summed E-state index contributed by atoms with van der Waals surface area (Å²) in [6.07, 6.45) is 1.49. The van der Waals surface area contributed by atoms with Crippen LogP contribution in [0.25, 0.3) is 0 Å². The van der Waals surface area contributed by atoms with Crippen molar-refractivity contribution in [2.45, 2.75) is 39.0 Å². The minimum atomic E-state index is -0.248. The Morgan fingerprint density at radius 1 is 1.35 bits per heavy atom. The van der Waals surface area contributed by atoms with Crippen LogP contribution in [0.15, 0.2) is 42.1 Å². The molecule has 2 rings (SSSR count). The van der Waals surface area contributed by atoms with E-state index >= 15 is 0 Å². The maximum Gasteiger partial charge on any atom is 0.266 e. The highest BCUT2D eigenvalue weighted by Crippen LogP contribution is 2.15. The SMILES string of the molecule is CC1CN(C(=O)/C(C#N)=C\NC(C)c2ccccc2)CC(C)O1. The number of rotatable bonds is 4. The number of benzene rings is 1. The van der Waals surface area contributed by atoms with Crippen molar-refractivity contribution in [1.82, 2.24) is 10.2 Å². The van der Waals surface area contributed by atoms with Crippen LogP contribution in [-0.4, -0.2) is 36.1 Å². The molecule has 0 radical (unpaired) electrons. The summed E-state index contributed by atoms with van der Waals surface area (Å²) in [5.41, 5.74) is 1.22. The molecule has 5 nitrogen and oxygen atoms in total. The van der Waals surface area contributed by atoms with Gasteiger partial charge in [0.25, 0.3) is 5.91 Å². The summed E-state index contributed by atoms with van der Waals surface area (Å²) in [6, 6.07) is 11.9. The molecule has 1 aliphatic rings. The molecule has 5 heteroatoms. The summed E-state index contributed by atoms with van der Waals surface area (Å²) < 4.78 is 5.62. The molecule has 0 saturated carbocycles. The van der Waals surface area contributed by atoms with E-state index in [0.717, 1.165) is 5.56 Å². The highest BCUT2D eigenvalue weighted by Gasteiger charge is 2.27. The van der Waals surface area contributed by atoms with Gasteiger partial charge in [-0.3, -0.25) is 4.79 Å². The summed E-state index contributed by atoms with van der Waals surface area (Å²) in [5.74, 6) is -0.248. The van der Waals surface area contributed by atoms with E-state index in [2.05, 4.69) is 5.32 Å². The molecule has 1 aromatic rings. The molecule has 1 amide bonds. The second-order valence-electron chi connectivity index (χ2n) is 5.94. The molecule has 0 aromatic heterocycles. The van der Waals surface area contributed by atoms with Crippen LogP contribution in [0.4, 0.5) is 0 Å². The molecule has 1 heterocycles. The molecule has 3 atom stereocenters. The number of carbonyl (C=O) groups is 1. The van der Waals surface area contributed by atoms with E-state index < -0.39 is 0 Å². The molecule has 1 aromatic carbocycles. The van der Waals surface area contributed by atoms with E-state index in [1.165, 1.54) is 6.20 Å². The molecule has 0 aliphatic carbocycles. The Hall–Kier alpha value is -2.32. The molecule has 0 spiro atoms. The van der Waals surface area contributed by atoms with Crippen molar-refractivity contribution in [3.8, 4) is 6.07 Å². The molecular weight excluding hydrogens is 290 g/mol. The quantitative estimate of drug-likeness (QED) is 0.684. The average molecular weight is 313 g/mol. The Balaban J connectivity index is 2.04. The Labute approximate surface area is 137 Å². The normalized spacial score (nSPS) is 23.0. The van der Waals surface area contributed by atoms with Crippen molar-refractivity contribution in [1.29, 1.82) is 5.26 Å². The van der Waals surface area contributed by atoms with Crippen molar-refractivity contribution in [2.24, 2.45) is 0 Å². The maximum absolute atomic E-state index is 12.5. The predicted octanol–water partition coefficient (Wildman–Crippen LogP) is 2.38. The molecule has 1 fully saturated rings. The Kier molecular flexibility index (Phi) is 5.78. The third-order valence-electron chi connectivity index (χ3n) is 3.83. The molecule has 0 bridgehead atoms. The van der Waals surface area contributed by atoms with Crippen LogP contribution in [0.1, 0.15) is 32.4 Å². The average Bonchev–Trinajstić information content (AvgIpc) is 2.55. The van der Waals surface area contributed by atoms with Gasteiger partial charge in [-0.25, -0.2) is 0 Å². The zero-order chi connectivity index (χ0) is 16.8. The second-order valence-corrected chi connectivity index (χ2v) is 5.94. The number of carbonyl (C=O) groups excluding carboxylic acids is 1. The zero-order valence-electron chi connectivity index (χ0n) is 13.8. The number of nitriles is 1. The fourth-order valence-electron chi connectivity index (χ4n) is 2.70. The Morgan fingerprint density at radius 3 is 2.52 bits per heavy atom. The van der Waals surface area contributed by atoms with Crippen molar-refractivity contribution in [3.05, 3.63) is 47.7 Å². The fraction of sp³-hybridized carbons (Fsp3) is 0.444. The van der Waals surface area contributed by atoms with Gasteiger partial charge in [-0.2, -0.15) is 5.26 Å². The van der Waals surface area contributed by atoms with Crippen LogP contribution in [0, 0.1) is 11.3 Å². The highest BCUT2D eigenvalue weighted by molar-refractivity contribution is 5.97. The summed E-state index contributed by atoms with van der Waals surface area (Å²) in [4.78, 5) is 14.2. The minimum Gasteiger partial charge on any atom is -0.383 e.